The summed E-state index contributed by atoms with van der Waals surface area (Å²) in [5.41, 5.74) is 1.01. The van der Waals surface area contributed by atoms with Gasteiger partial charge < -0.3 is 4.74 Å². The molecular weight excluding hydrogens is 250 g/mol. The van der Waals surface area contributed by atoms with E-state index in [2.05, 4.69) is 4.90 Å². The molecule has 20 heavy (non-hydrogen) atoms. The lowest BCUT2D eigenvalue weighted by Gasteiger charge is -2.28. The van der Waals surface area contributed by atoms with Gasteiger partial charge in [0.25, 0.3) is 0 Å². The number of ether oxygens (including phenoxy) is 1. The van der Waals surface area contributed by atoms with Crippen molar-refractivity contribution >= 4 is 12.0 Å². The molecule has 0 saturated carbocycles. The fraction of sp³-hybridized carbons (Fsp3) is 0.471. The highest BCUT2D eigenvalue weighted by Crippen LogP contribution is 2.10. The normalized spacial score (nSPS) is 18.1. The lowest BCUT2D eigenvalue weighted by atomic mass is 10.1. The summed E-state index contributed by atoms with van der Waals surface area (Å²) in [5.74, 6) is -0.265. The van der Waals surface area contributed by atoms with Crippen LogP contribution >= 0.6 is 0 Å². The van der Waals surface area contributed by atoms with Crippen molar-refractivity contribution in [3.05, 3.63) is 42.0 Å². The molecule has 3 nitrogen and oxygen atoms in total. The molecule has 1 aliphatic heterocycles. The molecule has 0 aliphatic carbocycles. The predicted octanol–water partition coefficient (Wildman–Crippen LogP) is 3.12. The van der Waals surface area contributed by atoms with E-state index in [4.69, 9.17) is 4.74 Å². The second-order valence-corrected chi connectivity index (χ2v) is 5.35. The van der Waals surface area contributed by atoms with Gasteiger partial charge in [-0.05, 0) is 44.5 Å². The molecule has 2 rings (SSSR count). The molecule has 0 N–H and O–H groups in total. The minimum Gasteiger partial charge on any atom is -0.458 e. The van der Waals surface area contributed by atoms with Gasteiger partial charge >= 0.3 is 5.97 Å². The Morgan fingerprint density at radius 2 is 1.95 bits per heavy atom. The Labute approximate surface area is 121 Å². The number of carbonyl (C=O) groups excluding carboxylic acids is 1. The summed E-state index contributed by atoms with van der Waals surface area (Å²) in [4.78, 5) is 14.1. The van der Waals surface area contributed by atoms with Gasteiger partial charge in [-0.2, -0.15) is 0 Å². The molecule has 0 aromatic heterocycles. The second-order valence-electron chi connectivity index (χ2n) is 5.35. The van der Waals surface area contributed by atoms with E-state index in [1.807, 2.05) is 37.3 Å². The molecule has 3 heteroatoms. The summed E-state index contributed by atoms with van der Waals surface area (Å²) in [7, 11) is 0. The molecule has 1 heterocycles. The molecule has 0 unspecified atom stereocenters. The van der Waals surface area contributed by atoms with Gasteiger partial charge in [0.1, 0.15) is 6.10 Å². The monoisotopic (exact) mass is 273 g/mol. The van der Waals surface area contributed by atoms with E-state index in [0.29, 0.717) is 0 Å². The first kappa shape index (κ1) is 14.8. The number of hydrogen-bond donors (Lipinski definition) is 0. The van der Waals surface area contributed by atoms with E-state index in [1.165, 1.54) is 25.3 Å². The van der Waals surface area contributed by atoms with Crippen LogP contribution in [0.4, 0.5) is 0 Å². The van der Waals surface area contributed by atoms with Gasteiger partial charge in [-0.3, -0.25) is 4.90 Å². The summed E-state index contributed by atoms with van der Waals surface area (Å²) in [6.45, 7) is 5.05. The Bertz CT molecular complexity index is 436. The first-order valence-corrected chi connectivity index (χ1v) is 7.40. The molecule has 108 valence electrons. The van der Waals surface area contributed by atoms with Crippen LogP contribution in [0.15, 0.2) is 36.4 Å². The fourth-order valence-electron chi connectivity index (χ4n) is 2.51. The summed E-state index contributed by atoms with van der Waals surface area (Å²) >= 11 is 0. The zero-order chi connectivity index (χ0) is 14.2. The molecule has 1 aliphatic rings. The zero-order valence-corrected chi connectivity index (χ0v) is 12.1. The number of likely N-dealkylation sites (tertiary alicyclic amines) is 1. The van der Waals surface area contributed by atoms with Gasteiger partial charge in [0, 0.05) is 12.6 Å². The molecule has 1 aromatic carbocycles. The minimum atomic E-state index is -0.265. The number of esters is 1. The third-order valence-electron chi connectivity index (χ3n) is 3.49. The van der Waals surface area contributed by atoms with Crippen LogP contribution in [0.3, 0.4) is 0 Å². The maximum absolute atomic E-state index is 11.7. The lowest BCUT2D eigenvalue weighted by Crippen LogP contribution is -2.36. The van der Waals surface area contributed by atoms with E-state index in [1.54, 1.807) is 6.08 Å². The number of carbonyl (C=O) groups is 1. The Morgan fingerprint density at radius 1 is 1.25 bits per heavy atom. The van der Waals surface area contributed by atoms with Crippen molar-refractivity contribution in [2.45, 2.75) is 32.3 Å². The fourth-order valence-corrected chi connectivity index (χ4v) is 2.51. The van der Waals surface area contributed by atoms with Crippen LogP contribution in [0, 0.1) is 0 Å². The first-order chi connectivity index (χ1) is 9.74. The Morgan fingerprint density at radius 3 is 2.65 bits per heavy atom. The van der Waals surface area contributed by atoms with E-state index in [9.17, 15) is 4.79 Å². The molecule has 1 aromatic rings. The van der Waals surface area contributed by atoms with Crippen molar-refractivity contribution in [3.63, 3.8) is 0 Å². The van der Waals surface area contributed by atoms with Crippen molar-refractivity contribution < 1.29 is 9.53 Å². The minimum absolute atomic E-state index is 0.0546. The molecule has 1 atom stereocenters. The average molecular weight is 273 g/mol. The topological polar surface area (TPSA) is 29.5 Å². The van der Waals surface area contributed by atoms with Crippen molar-refractivity contribution in [1.29, 1.82) is 0 Å². The number of rotatable bonds is 5. The summed E-state index contributed by atoms with van der Waals surface area (Å²) in [5, 5.41) is 0. The van der Waals surface area contributed by atoms with Gasteiger partial charge in [0.05, 0.1) is 0 Å². The van der Waals surface area contributed by atoms with Gasteiger partial charge in [-0.25, -0.2) is 4.79 Å². The third kappa shape index (κ3) is 5.17. The quantitative estimate of drug-likeness (QED) is 0.610. The highest BCUT2D eigenvalue weighted by molar-refractivity contribution is 5.87. The van der Waals surface area contributed by atoms with Crippen LogP contribution in [-0.4, -0.2) is 36.6 Å². The summed E-state index contributed by atoms with van der Waals surface area (Å²) in [6.07, 6.45) is 7.08. The van der Waals surface area contributed by atoms with Crippen molar-refractivity contribution in [2.24, 2.45) is 0 Å². The van der Waals surface area contributed by atoms with E-state index >= 15 is 0 Å². The van der Waals surface area contributed by atoms with E-state index in [0.717, 1.165) is 25.2 Å². The average Bonchev–Trinajstić information content (AvgIpc) is 2.47. The van der Waals surface area contributed by atoms with Crippen LogP contribution in [0.25, 0.3) is 6.08 Å². The Balaban J connectivity index is 1.74. The molecular formula is C17H23NO2. The highest BCUT2D eigenvalue weighted by Gasteiger charge is 2.15. The molecule has 0 radical (unpaired) electrons. The zero-order valence-electron chi connectivity index (χ0n) is 12.1. The number of nitrogens with zero attached hydrogens (tertiary/aromatic N) is 1. The summed E-state index contributed by atoms with van der Waals surface area (Å²) in [6, 6.07) is 9.77. The van der Waals surface area contributed by atoms with Crippen LogP contribution < -0.4 is 0 Å². The maximum atomic E-state index is 11.7. The largest absolute Gasteiger partial charge is 0.458 e. The maximum Gasteiger partial charge on any atom is 0.331 e. The Hall–Kier alpha value is -1.61. The smallest absolute Gasteiger partial charge is 0.331 e. The predicted molar refractivity (Wildman–Crippen MR) is 81.3 cm³/mol. The second kappa shape index (κ2) is 7.85. The molecule has 1 saturated heterocycles. The van der Waals surface area contributed by atoms with Crippen LogP contribution in [0.5, 0.6) is 0 Å². The molecule has 0 amide bonds. The molecule has 0 bridgehead atoms. The van der Waals surface area contributed by atoms with Gasteiger partial charge in [0.15, 0.2) is 0 Å². The van der Waals surface area contributed by atoms with Crippen molar-refractivity contribution in [3.8, 4) is 0 Å². The lowest BCUT2D eigenvalue weighted by molar-refractivity contribution is -0.143. The van der Waals surface area contributed by atoms with Gasteiger partial charge in [-0.15, -0.1) is 0 Å². The van der Waals surface area contributed by atoms with Gasteiger partial charge in [-0.1, -0.05) is 36.8 Å². The van der Waals surface area contributed by atoms with Crippen molar-refractivity contribution in [1.82, 2.24) is 4.90 Å². The van der Waals surface area contributed by atoms with Gasteiger partial charge in [0.2, 0.25) is 0 Å². The number of benzene rings is 1. The SMILES string of the molecule is C[C@H](CN1CCCCC1)OC(=O)/C=C/c1ccccc1. The van der Waals surface area contributed by atoms with Crippen LogP contribution in [-0.2, 0) is 9.53 Å². The van der Waals surface area contributed by atoms with E-state index < -0.39 is 0 Å². The third-order valence-corrected chi connectivity index (χ3v) is 3.49. The van der Waals surface area contributed by atoms with Crippen LogP contribution in [0.1, 0.15) is 31.7 Å². The molecule has 0 spiro atoms. The van der Waals surface area contributed by atoms with E-state index in [-0.39, 0.29) is 12.1 Å². The number of hydrogen-bond acceptors (Lipinski definition) is 3. The highest BCUT2D eigenvalue weighted by atomic mass is 16.5. The summed E-state index contributed by atoms with van der Waals surface area (Å²) < 4.78 is 5.41. The Kier molecular flexibility index (Phi) is 5.81. The standard InChI is InChI=1S/C17H23NO2/c1-15(14-18-12-6-3-7-13-18)20-17(19)11-10-16-8-4-2-5-9-16/h2,4-5,8-11,15H,3,6-7,12-14H2,1H3/b11-10+/t15-/m1/s1. The van der Waals surface area contributed by atoms with Crippen molar-refractivity contribution in [2.75, 3.05) is 19.6 Å². The number of piperidine rings is 1. The molecule has 1 fully saturated rings. The van der Waals surface area contributed by atoms with Crippen LogP contribution in [0.2, 0.25) is 0 Å². The first-order valence-electron chi connectivity index (χ1n) is 7.40.